The summed E-state index contributed by atoms with van der Waals surface area (Å²) in [5, 5.41) is 50.1. The molecule has 0 aliphatic rings. The zero-order valence-electron chi connectivity index (χ0n) is 23.6. The monoisotopic (exact) mass is 556 g/mol. The Morgan fingerprint density at radius 3 is 1.08 bits per heavy atom. The Balaban J connectivity index is -0.000000203. The fourth-order valence-corrected chi connectivity index (χ4v) is 2.29. The van der Waals surface area contributed by atoms with Crippen molar-refractivity contribution in [2.24, 2.45) is 0 Å². The van der Waals surface area contributed by atoms with Crippen molar-refractivity contribution in [3.05, 3.63) is 0 Å². The lowest BCUT2D eigenvalue weighted by Gasteiger charge is -2.05. The van der Waals surface area contributed by atoms with Crippen LogP contribution in [0.15, 0.2) is 0 Å². The van der Waals surface area contributed by atoms with Crippen molar-refractivity contribution < 1.29 is 59.3 Å². The zero-order chi connectivity index (χ0) is 30.2. The van der Waals surface area contributed by atoms with Gasteiger partial charge in [-0.05, 0) is 12.8 Å². The van der Waals surface area contributed by atoms with Crippen LogP contribution in [0, 0.1) is 0 Å². The minimum atomic E-state index is -0.950. The minimum absolute atomic E-state index is 0.133. The van der Waals surface area contributed by atoms with E-state index in [1.54, 1.807) is 0 Å². The molecule has 0 rings (SSSR count). The SMILES string of the molecule is CC(=O)OCC(O)CO.CC(=O)OCC(O)CO.CCCCCCCC(=O)O.CCCCCCCC(=O)O. The van der Waals surface area contributed by atoms with Gasteiger partial charge in [-0.15, -0.1) is 0 Å². The van der Waals surface area contributed by atoms with Crippen LogP contribution in [0.25, 0.3) is 0 Å². The molecule has 6 N–H and O–H groups in total. The number of hydrogen-bond acceptors (Lipinski definition) is 10. The third-order valence-electron chi connectivity index (χ3n) is 4.37. The number of aliphatic hydroxyl groups is 4. The van der Waals surface area contributed by atoms with Crippen LogP contribution in [-0.4, -0.2) is 93.2 Å². The quantitative estimate of drug-likeness (QED) is 0.106. The molecule has 0 aromatic rings. The molecule has 0 aromatic heterocycles. The number of unbranched alkanes of at least 4 members (excludes halogenated alkanes) is 8. The zero-order valence-corrected chi connectivity index (χ0v) is 23.6. The highest BCUT2D eigenvalue weighted by atomic mass is 16.5. The molecular weight excluding hydrogens is 504 g/mol. The second-order valence-electron chi connectivity index (χ2n) is 8.39. The summed E-state index contributed by atoms with van der Waals surface area (Å²) in [6, 6.07) is 0. The maximum absolute atomic E-state index is 10.0. The molecule has 2 atom stereocenters. The molecule has 2 unspecified atom stereocenters. The van der Waals surface area contributed by atoms with Gasteiger partial charge in [0, 0.05) is 26.7 Å². The van der Waals surface area contributed by atoms with Crippen LogP contribution in [0.3, 0.4) is 0 Å². The molecule has 0 heterocycles. The number of carbonyl (C=O) groups excluding carboxylic acids is 2. The molecule has 0 spiro atoms. The summed E-state index contributed by atoms with van der Waals surface area (Å²) < 4.78 is 8.69. The molecular formula is C26H52O12. The van der Waals surface area contributed by atoms with E-state index in [1.807, 2.05) is 0 Å². The van der Waals surface area contributed by atoms with Crippen LogP contribution < -0.4 is 0 Å². The summed E-state index contributed by atoms with van der Waals surface area (Å²) in [6.07, 6.45) is 9.87. The predicted molar refractivity (Wildman–Crippen MR) is 141 cm³/mol. The lowest BCUT2D eigenvalue weighted by Crippen LogP contribution is -2.20. The summed E-state index contributed by atoms with van der Waals surface area (Å²) >= 11 is 0. The van der Waals surface area contributed by atoms with Gasteiger partial charge in [0.25, 0.3) is 0 Å². The van der Waals surface area contributed by atoms with E-state index < -0.39 is 36.1 Å². The standard InChI is InChI=1S/2C8H16O2.2C5H10O4/c2*1-2-3-4-5-6-7-8(9)10;2*1-4(7)9-3-5(8)2-6/h2*2-7H2,1H3,(H,9,10);2*5-6,8H,2-3H2,1H3. The maximum atomic E-state index is 10.0. The summed E-state index contributed by atoms with van der Waals surface area (Å²) in [5.41, 5.74) is 0. The molecule has 0 aromatic carbocycles. The van der Waals surface area contributed by atoms with Crippen molar-refractivity contribution >= 4 is 23.9 Å². The smallest absolute Gasteiger partial charge is 0.303 e. The highest BCUT2D eigenvalue weighted by molar-refractivity contribution is 5.67. The summed E-state index contributed by atoms with van der Waals surface area (Å²) in [7, 11) is 0. The number of aliphatic carboxylic acids is 2. The summed E-state index contributed by atoms with van der Waals surface area (Å²) in [6.45, 7) is 5.75. The third-order valence-corrected chi connectivity index (χ3v) is 4.37. The summed E-state index contributed by atoms with van der Waals surface area (Å²) in [5.74, 6) is -2.25. The third kappa shape index (κ3) is 54.6. The number of rotatable bonds is 18. The first kappa shape index (κ1) is 42.8. The molecule has 12 nitrogen and oxygen atoms in total. The van der Waals surface area contributed by atoms with E-state index in [2.05, 4.69) is 23.3 Å². The van der Waals surface area contributed by atoms with E-state index >= 15 is 0 Å². The molecule has 0 fully saturated rings. The van der Waals surface area contributed by atoms with Gasteiger partial charge in [-0.2, -0.15) is 0 Å². The van der Waals surface area contributed by atoms with Crippen LogP contribution in [0.4, 0.5) is 0 Å². The molecule has 0 aliphatic carbocycles. The van der Waals surface area contributed by atoms with Gasteiger partial charge in [0.15, 0.2) is 0 Å². The van der Waals surface area contributed by atoms with Crippen molar-refractivity contribution in [1.82, 2.24) is 0 Å². The first-order chi connectivity index (χ1) is 17.9. The molecule has 0 saturated carbocycles. The van der Waals surface area contributed by atoms with Crippen LogP contribution in [-0.2, 0) is 28.7 Å². The average Bonchev–Trinajstić information content (AvgIpc) is 2.86. The molecule has 0 bridgehead atoms. The van der Waals surface area contributed by atoms with Crippen molar-refractivity contribution in [2.45, 2.75) is 117 Å². The van der Waals surface area contributed by atoms with E-state index in [0.717, 1.165) is 25.7 Å². The summed E-state index contributed by atoms with van der Waals surface area (Å²) in [4.78, 5) is 40.2. The predicted octanol–water partition coefficient (Wildman–Crippen LogP) is 2.67. The second kappa shape index (κ2) is 34.7. The van der Waals surface area contributed by atoms with Crippen LogP contribution in [0.2, 0.25) is 0 Å². The van der Waals surface area contributed by atoms with E-state index in [0.29, 0.717) is 12.8 Å². The molecule has 12 heteroatoms. The molecule has 38 heavy (non-hydrogen) atoms. The number of aliphatic hydroxyl groups excluding tert-OH is 4. The minimum Gasteiger partial charge on any atom is -0.481 e. The van der Waals surface area contributed by atoms with E-state index in [1.165, 1.54) is 52.4 Å². The Bertz CT molecular complexity index is 506. The number of carboxylic acids is 2. The Hall–Kier alpha value is -2.28. The molecule has 0 saturated heterocycles. The van der Waals surface area contributed by atoms with Crippen molar-refractivity contribution in [3.63, 3.8) is 0 Å². The average molecular weight is 557 g/mol. The molecule has 228 valence electrons. The Labute approximate surface area is 227 Å². The van der Waals surface area contributed by atoms with Gasteiger partial charge in [-0.25, -0.2) is 0 Å². The first-order valence-electron chi connectivity index (χ1n) is 13.2. The molecule has 0 amide bonds. The fraction of sp³-hybridized carbons (Fsp3) is 0.846. The Kier molecular flexibility index (Phi) is 39.1. The van der Waals surface area contributed by atoms with Crippen molar-refractivity contribution in [1.29, 1.82) is 0 Å². The number of carboxylic acid groups (broad SMARTS) is 2. The van der Waals surface area contributed by atoms with Crippen LogP contribution >= 0.6 is 0 Å². The van der Waals surface area contributed by atoms with Gasteiger partial charge in [-0.1, -0.05) is 65.2 Å². The number of esters is 2. The maximum Gasteiger partial charge on any atom is 0.303 e. The van der Waals surface area contributed by atoms with Crippen molar-refractivity contribution in [3.8, 4) is 0 Å². The fourth-order valence-electron chi connectivity index (χ4n) is 2.29. The van der Waals surface area contributed by atoms with Gasteiger partial charge >= 0.3 is 23.9 Å². The van der Waals surface area contributed by atoms with E-state index in [9.17, 15) is 19.2 Å². The highest BCUT2D eigenvalue weighted by Gasteiger charge is 2.03. The van der Waals surface area contributed by atoms with Gasteiger partial charge in [0.1, 0.15) is 25.4 Å². The van der Waals surface area contributed by atoms with Crippen molar-refractivity contribution in [2.75, 3.05) is 26.4 Å². The number of ether oxygens (including phenoxy) is 2. The topological polar surface area (TPSA) is 208 Å². The first-order valence-corrected chi connectivity index (χ1v) is 13.2. The van der Waals surface area contributed by atoms with Gasteiger partial charge in [0.05, 0.1) is 13.2 Å². The largest absolute Gasteiger partial charge is 0.481 e. The van der Waals surface area contributed by atoms with E-state index in [4.69, 9.17) is 30.6 Å². The van der Waals surface area contributed by atoms with Gasteiger partial charge in [-0.3, -0.25) is 19.2 Å². The lowest BCUT2D eigenvalue weighted by molar-refractivity contribution is -0.145. The Morgan fingerprint density at radius 1 is 0.579 bits per heavy atom. The Morgan fingerprint density at radius 2 is 0.868 bits per heavy atom. The van der Waals surface area contributed by atoms with Gasteiger partial charge < -0.3 is 40.1 Å². The molecule has 0 radical (unpaired) electrons. The number of hydrogen-bond donors (Lipinski definition) is 6. The second-order valence-corrected chi connectivity index (χ2v) is 8.39. The lowest BCUT2D eigenvalue weighted by atomic mass is 10.1. The molecule has 0 aliphatic heterocycles. The normalized spacial score (nSPS) is 11.2. The number of carbonyl (C=O) groups is 4. The van der Waals surface area contributed by atoms with E-state index in [-0.39, 0.29) is 26.4 Å². The van der Waals surface area contributed by atoms with Gasteiger partial charge in [0.2, 0.25) is 0 Å². The van der Waals surface area contributed by atoms with Crippen LogP contribution in [0.1, 0.15) is 105 Å². The highest BCUT2D eigenvalue weighted by Crippen LogP contribution is 2.05. The van der Waals surface area contributed by atoms with Crippen LogP contribution in [0.5, 0.6) is 0 Å².